The third-order valence-electron chi connectivity index (χ3n) is 6.35. The van der Waals surface area contributed by atoms with Gasteiger partial charge in [-0.15, -0.1) is 0 Å². The average Bonchev–Trinajstić information content (AvgIpc) is 3.67. The van der Waals surface area contributed by atoms with Gasteiger partial charge in [0.05, 0.1) is 18.4 Å². The van der Waals surface area contributed by atoms with Crippen molar-refractivity contribution < 1.29 is 23.2 Å². The maximum absolute atomic E-state index is 13.5. The Kier molecular flexibility index (Phi) is 5.61. The normalized spacial score (nSPS) is 15.5. The third-order valence-corrected chi connectivity index (χ3v) is 6.35. The topological polar surface area (TPSA) is 96.9 Å². The molecule has 1 unspecified atom stereocenters. The SMILES string of the molecule is O=C1CC(N(Cc2ccccc2)C(=O)c2ccco2)C(=O)N1c1ccc(-c2nc3ccccc3o2)cc1. The first kappa shape index (κ1) is 22.5. The number of nitrogens with zero attached hydrogens (tertiary/aromatic N) is 3. The molecule has 2 aromatic heterocycles. The van der Waals surface area contributed by atoms with E-state index in [-0.39, 0.29) is 24.6 Å². The first-order chi connectivity index (χ1) is 18.1. The molecule has 1 saturated heterocycles. The van der Waals surface area contributed by atoms with Crippen molar-refractivity contribution in [3.8, 4) is 11.5 Å². The van der Waals surface area contributed by atoms with Crippen molar-refractivity contribution in [2.45, 2.75) is 19.0 Å². The number of carbonyl (C=O) groups is 3. The van der Waals surface area contributed by atoms with Crippen molar-refractivity contribution in [1.29, 1.82) is 0 Å². The Morgan fingerprint density at radius 3 is 2.41 bits per heavy atom. The smallest absolute Gasteiger partial charge is 0.290 e. The van der Waals surface area contributed by atoms with Crippen LogP contribution in [0.4, 0.5) is 5.69 Å². The number of benzene rings is 3. The highest BCUT2D eigenvalue weighted by molar-refractivity contribution is 6.23. The van der Waals surface area contributed by atoms with Crippen LogP contribution in [0.3, 0.4) is 0 Å². The third kappa shape index (κ3) is 4.18. The van der Waals surface area contributed by atoms with Crippen LogP contribution in [0.5, 0.6) is 0 Å². The number of anilines is 1. The highest BCUT2D eigenvalue weighted by atomic mass is 16.3. The molecule has 0 radical (unpaired) electrons. The highest BCUT2D eigenvalue weighted by Gasteiger charge is 2.45. The molecular formula is C29H21N3O5. The van der Waals surface area contributed by atoms with Crippen molar-refractivity contribution >= 4 is 34.5 Å². The van der Waals surface area contributed by atoms with Gasteiger partial charge in [-0.1, -0.05) is 42.5 Å². The van der Waals surface area contributed by atoms with Gasteiger partial charge in [-0.2, -0.15) is 0 Å². The molecule has 37 heavy (non-hydrogen) atoms. The van der Waals surface area contributed by atoms with E-state index in [1.54, 1.807) is 36.4 Å². The van der Waals surface area contributed by atoms with Crippen LogP contribution in [-0.2, 0) is 16.1 Å². The second-order valence-corrected chi connectivity index (χ2v) is 8.72. The lowest BCUT2D eigenvalue weighted by molar-refractivity contribution is -0.122. The predicted octanol–water partition coefficient (Wildman–Crippen LogP) is 5.06. The average molecular weight is 492 g/mol. The van der Waals surface area contributed by atoms with Gasteiger partial charge < -0.3 is 13.7 Å². The van der Waals surface area contributed by atoms with E-state index in [9.17, 15) is 14.4 Å². The number of para-hydroxylation sites is 2. The van der Waals surface area contributed by atoms with Gasteiger partial charge in [0.2, 0.25) is 11.8 Å². The quantitative estimate of drug-likeness (QED) is 0.308. The molecule has 0 spiro atoms. The van der Waals surface area contributed by atoms with E-state index in [1.165, 1.54) is 11.2 Å². The summed E-state index contributed by atoms with van der Waals surface area (Å²) in [5.41, 5.74) is 3.39. The number of rotatable bonds is 6. The molecule has 1 aliphatic rings. The molecule has 0 bridgehead atoms. The Morgan fingerprint density at radius 1 is 0.919 bits per heavy atom. The van der Waals surface area contributed by atoms with Gasteiger partial charge in [-0.3, -0.25) is 14.4 Å². The standard InChI is InChI=1S/C29H21N3O5/c33-26-17-23(31(18-19-7-2-1-3-8-19)29(35)25-11-6-16-36-25)28(34)32(26)21-14-12-20(13-15-21)27-30-22-9-4-5-10-24(22)37-27/h1-16,23H,17-18H2. The van der Waals surface area contributed by atoms with Crippen LogP contribution in [0.25, 0.3) is 22.6 Å². The molecule has 8 nitrogen and oxygen atoms in total. The number of imide groups is 1. The highest BCUT2D eigenvalue weighted by Crippen LogP contribution is 2.30. The summed E-state index contributed by atoms with van der Waals surface area (Å²) < 4.78 is 11.1. The molecular weight excluding hydrogens is 470 g/mol. The predicted molar refractivity (Wildman–Crippen MR) is 135 cm³/mol. The first-order valence-corrected chi connectivity index (χ1v) is 11.8. The lowest BCUT2D eigenvalue weighted by Gasteiger charge is -2.27. The number of oxazole rings is 1. The largest absolute Gasteiger partial charge is 0.459 e. The number of aromatic nitrogens is 1. The summed E-state index contributed by atoms with van der Waals surface area (Å²) in [6.45, 7) is 0.161. The molecule has 0 aliphatic carbocycles. The Balaban J connectivity index is 1.28. The minimum absolute atomic E-state index is 0.109. The number of fused-ring (bicyclic) bond motifs is 1. The molecule has 1 fully saturated rings. The zero-order valence-corrected chi connectivity index (χ0v) is 19.6. The van der Waals surface area contributed by atoms with Gasteiger partial charge in [-0.05, 0) is 54.1 Å². The molecule has 5 aromatic rings. The van der Waals surface area contributed by atoms with E-state index in [2.05, 4.69) is 4.98 Å². The number of hydrogen-bond donors (Lipinski definition) is 0. The van der Waals surface area contributed by atoms with E-state index in [4.69, 9.17) is 8.83 Å². The van der Waals surface area contributed by atoms with Crippen LogP contribution in [-0.4, -0.2) is 33.6 Å². The maximum Gasteiger partial charge on any atom is 0.290 e. The molecule has 6 rings (SSSR count). The van der Waals surface area contributed by atoms with Crippen molar-refractivity contribution in [2.24, 2.45) is 0 Å². The molecule has 182 valence electrons. The van der Waals surface area contributed by atoms with Crippen LogP contribution >= 0.6 is 0 Å². The van der Waals surface area contributed by atoms with E-state index in [0.717, 1.165) is 16.0 Å². The molecule has 0 saturated carbocycles. The fraction of sp³-hybridized carbons (Fsp3) is 0.103. The Hall–Kier alpha value is -4.98. The molecule has 1 aliphatic heterocycles. The monoisotopic (exact) mass is 491 g/mol. The number of furan rings is 1. The summed E-state index contributed by atoms with van der Waals surface area (Å²) in [6, 6.07) is 25.9. The van der Waals surface area contributed by atoms with Crippen LogP contribution in [0.1, 0.15) is 22.5 Å². The molecule has 3 aromatic carbocycles. The molecule has 3 heterocycles. The minimum atomic E-state index is -0.956. The fourth-order valence-corrected chi connectivity index (χ4v) is 4.52. The van der Waals surface area contributed by atoms with E-state index in [0.29, 0.717) is 22.7 Å². The minimum Gasteiger partial charge on any atom is -0.459 e. The molecule has 3 amide bonds. The van der Waals surface area contributed by atoms with Gasteiger partial charge in [0.15, 0.2) is 11.3 Å². The summed E-state index contributed by atoms with van der Waals surface area (Å²) in [5, 5.41) is 0. The van der Waals surface area contributed by atoms with Crippen LogP contribution in [0, 0.1) is 0 Å². The molecule has 0 N–H and O–H groups in total. The van der Waals surface area contributed by atoms with Gasteiger partial charge in [-0.25, -0.2) is 9.88 Å². The number of carbonyl (C=O) groups excluding carboxylic acids is 3. The van der Waals surface area contributed by atoms with E-state index < -0.39 is 17.9 Å². The summed E-state index contributed by atoms with van der Waals surface area (Å²) in [5.74, 6) is -0.737. The van der Waals surface area contributed by atoms with Crippen molar-refractivity contribution in [2.75, 3.05) is 4.90 Å². The van der Waals surface area contributed by atoms with Crippen molar-refractivity contribution in [3.05, 3.63) is 109 Å². The second kappa shape index (κ2) is 9.23. The Bertz CT molecular complexity index is 1560. The summed E-state index contributed by atoms with van der Waals surface area (Å²) >= 11 is 0. The summed E-state index contributed by atoms with van der Waals surface area (Å²) in [4.78, 5) is 46.9. The number of amides is 3. The lowest BCUT2D eigenvalue weighted by atomic mass is 10.1. The fourth-order valence-electron chi connectivity index (χ4n) is 4.52. The Morgan fingerprint density at radius 2 is 1.68 bits per heavy atom. The zero-order valence-electron chi connectivity index (χ0n) is 19.6. The second-order valence-electron chi connectivity index (χ2n) is 8.72. The van der Waals surface area contributed by atoms with Crippen LogP contribution in [0.2, 0.25) is 0 Å². The van der Waals surface area contributed by atoms with Gasteiger partial charge >= 0.3 is 0 Å². The summed E-state index contributed by atoms with van der Waals surface area (Å²) in [6.07, 6.45) is 1.28. The first-order valence-electron chi connectivity index (χ1n) is 11.8. The van der Waals surface area contributed by atoms with Crippen LogP contribution in [0.15, 0.2) is 106 Å². The van der Waals surface area contributed by atoms with Gasteiger partial charge in [0, 0.05) is 12.1 Å². The van der Waals surface area contributed by atoms with Gasteiger partial charge in [0.1, 0.15) is 11.6 Å². The molecule has 1 atom stereocenters. The number of hydrogen-bond acceptors (Lipinski definition) is 6. The maximum atomic E-state index is 13.5. The Labute approximate surface area is 211 Å². The van der Waals surface area contributed by atoms with E-state index >= 15 is 0 Å². The van der Waals surface area contributed by atoms with Crippen molar-refractivity contribution in [3.63, 3.8) is 0 Å². The van der Waals surface area contributed by atoms with Crippen LogP contribution < -0.4 is 4.90 Å². The van der Waals surface area contributed by atoms with Gasteiger partial charge in [0.25, 0.3) is 11.8 Å². The molecule has 8 heteroatoms. The van der Waals surface area contributed by atoms with Crippen molar-refractivity contribution in [1.82, 2.24) is 9.88 Å². The van der Waals surface area contributed by atoms with E-state index in [1.807, 2.05) is 54.6 Å². The zero-order chi connectivity index (χ0) is 25.4. The lowest BCUT2D eigenvalue weighted by Crippen LogP contribution is -2.45. The summed E-state index contributed by atoms with van der Waals surface area (Å²) in [7, 11) is 0.